The minimum atomic E-state index is -0.517. The highest BCUT2D eigenvalue weighted by atomic mass is 16.7. The van der Waals surface area contributed by atoms with E-state index >= 15 is 0 Å². The number of ether oxygens (including phenoxy) is 2. The molecule has 3 heteroatoms. The fraction of sp³-hybridized carbons (Fsp3) is 0.438. The first-order valence-corrected chi connectivity index (χ1v) is 6.59. The minimum Gasteiger partial charge on any atom is -0.436 e. The van der Waals surface area contributed by atoms with Crippen LogP contribution in [0.15, 0.2) is 42.5 Å². The summed E-state index contributed by atoms with van der Waals surface area (Å²) in [5.74, 6) is -0.322. The number of hydrogen-bond acceptors (Lipinski definition) is 3. The summed E-state index contributed by atoms with van der Waals surface area (Å²) in [6.07, 6.45) is 5.16. The van der Waals surface area contributed by atoms with Crippen molar-refractivity contribution in [3.63, 3.8) is 0 Å². The quantitative estimate of drug-likeness (QED) is 0.428. The molecule has 0 aliphatic heterocycles. The first-order chi connectivity index (χ1) is 9.11. The van der Waals surface area contributed by atoms with Crippen LogP contribution in [0.2, 0.25) is 0 Å². The molecule has 0 aliphatic carbocycles. The molecule has 1 aromatic carbocycles. The van der Waals surface area contributed by atoms with Gasteiger partial charge in [0.05, 0.1) is 6.10 Å². The lowest BCUT2D eigenvalue weighted by atomic mass is 10.1. The summed E-state index contributed by atoms with van der Waals surface area (Å²) in [5.41, 5.74) is 1.21. The Balaban J connectivity index is 2.58. The fourth-order valence-corrected chi connectivity index (χ4v) is 1.88. The van der Waals surface area contributed by atoms with Gasteiger partial charge in [-0.1, -0.05) is 42.5 Å². The van der Waals surface area contributed by atoms with Gasteiger partial charge in [-0.15, -0.1) is 0 Å². The van der Waals surface area contributed by atoms with Gasteiger partial charge in [0.2, 0.25) is 0 Å². The third-order valence-corrected chi connectivity index (χ3v) is 2.66. The summed E-state index contributed by atoms with van der Waals surface area (Å²) in [5, 5.41) is 0. The molecule has 0 aliphatic rings. The van der Waals surface area contributed by atoms with E-state index in [0.29, 0.717) is 0 Å². The van der Waals surface area contributed by atoms with Crippen molar-refractivity contribution in [1.82, 2.24) is 0 Å². The van der Waals surface area contributed by atoms with E-state index in [2.05, 4.69) is 18.2 Å². The molecule has 104 valence electrons. The lowest BCUT2D eigenvalue weighted by Gasteiger charge is -2.21. The number of hydrogen-bond donors (Lipinski definition) is 0. The van der Waals surface area contributed by atoms with Crippen LogP contribution in [0.25, 0.3) is 0 Å². The summed E-state index contributed by atoms with van der Waals surface area (Å²) in [4.78, 5) is 10.9. The van der Waals surface area contributed by atoms with Gasteiger partial charge in [0.25, 0.3) is 0 Å². The lowest BCUT2D eigenvalue weighted by molar-refractivity contribution is -0.181. The van der Waals surface area contributed by atoms with Crippen LogP contribution in [0.1, 0.15) is 32.8 Å². The monoisotopic (exact) mass is 262 g/mol. The van der Waals surface area contributed by atoms with E-state index in [4.69, 9.17) is 9.47 Å². The molecule has 0 saturated heterocycles. The van der Waals surface area contributed by atoms with Crippen LogP contribution >= 0.6 is 0 Å². The largest absolute Gasteiger partial charge is 0.436 e. The molecule has 0 amide bonds. The van der Waals surface area contributed by atoms with E-state index < -0.39 is 6.29 Å². The number of allylic oxidation sites excluding steroid dienone is 1. The first kappa shape index (κ1) is 15.4. The molecule has 0 heterocycles. The van der Waals surface area contributed by atoms with Gasteiger partial charge >= 0.3 is 5.97 Å². The van der Waals surface area contributed by atoms with Crippen molar-refractivity contribution in [2.24, 2.45) is 0 Å². The van der Waals surface area contributed by atoms with Gasteiger partial charge in [0.15, 0.2) is 6.29 Å². The average molecular weight is 262 g/mol. The second kappa shape index (κ2) is 8.48. The maximum absolute atomic E-state index is 10.9. The molecule has 2 atom stereocenters. The normalized spacial score (nSPS) is 14.3. The number of esters is 1. The van der Waals surface area contributed by atoms with Crippen molar-refractivity contribution in [2.45, 2.75) is 46.0 Å². The van der Waals surface area contributed by atoms with Crippen molar-refractivity contribution in [1.29, 1.82) is 0 Å². The van der Waals surface area contributed by atoms with E-state index in [9.17, 15) is 4.79 Å². The van der Waals surface area contributed by atoms with Crippen LogP contribution in [-0.4, -0.2) is 18.4 Å². The van der Waals surface area contributed by atoms with Crippen molar-refractivity contribution in [3.8, 4) is 0 Å². The number of benzene rings is 1. The average Bonchev–Trinajstić information content (AvgIpc) is 2.36. The minimum absolute atomic E-state index is 0.00736. The zero-order valence-electron chi connectivity index (χ0n) is 11.8. The standard InChI is InChI=1S/C16H22O3/c1-4-5-11-16(19-14(3)18-13(2)17)12-15-9-7-6-8-10-15/h4-10,14,16H,11-12H2,1-3H3/b5-4+. The third-order valence-electron chi connectivity index (χ3n) is 2.66. The van der Waals surface area contributed by atoms with Gasteiger partial charge in [-0.25, -0.2) is 0 Å². The maximum Gasteiger partial charge on any atom is 0.304 e. The highest BCUT2D eigenvalue weighted by Gasteiger charge is 2.14. The van der Waals surface area contributed by atoms with Gasteiger partial charge < -0.3 is 9.47 Å². The van der Waals surface area contributed by atoms with E-state index in [-0.39, 0.29) is 12.1 Å². The van der Waals surface area contributed by atoms with Gasteiger partial charge in [-0.3, -0.25) is 4.79 Å². The first-order valence-electron chi connectivity index (χ1n) is 6.59. The van der Waals surface area contributed by atoms with Crippen molar-refractivity contribution in [2.75, 3.05) is 0 Å². The van der Waals surface area contributed by atoms with Crippen molar-refractivity contribution < 1.29 is 14.3 Å². The third kappa shape index (κ3) is 6.77. The molecule has 0 aromatic heterocycles. The molecule has 3 nitrogen and oxygen atoms in total. The number of carbonyl (C=O) groups excluding carboxylic acids is 1. The molecule has 0 saturated carbocycles. The van der Waals surface area contributed by atoms with Crippen LogP contribution in [0.3, 0.4) is 0 Å². The molecule has 0 bridgehead atoms. The van der Waals surface area contributed by atoms with E-state index in [1.54, 1.807) is 6.92 Å². The van der Waals surface area contributed by atoms with E-state index in [0.717, 1.165) is 12.8 Å². The lowest BCUT2D eigenvalue weighted by Crippen LogP contribution is -2.25. The molecule has 0 N–H and O–H groups in total. The van der Waals surface area contributed by atoms with Gasteiger partial charge in [0.1, 0.15) is 0 Å². The van der Waals surface area contributed by atoms with Crippen molar-refractivity contribution >= 4 is 5.97 Å². The Morgan fingerprint density at radius 3 is 2.58 bits per heavy atom. The Morgan fingerprint density at radius 1 is 1.32 bits per heavy atom. The number of rotatable bonds is 7. The fourth-order valence-electron chi connectivity index (χ4n) is 1.88. The van der Waals surface area contributed by atoms with Gasteiger partial charge in [-0.05, 0) is 32.3 Å². The Hall–Kier alpha value is -1.61. The maximum atomic E-state index is 10.9. The molecule has 0 fully saturated rings. The van der Waals surface area contributed by atoms with Crippen LogP contribution in [-0.2, 0) is 20.7 Å². The SMILES string of the molecule is C/C=C/CC(Cc1ccccc1)OC(C)OC(C)=O. The van der Waals surface area contributed by atoms with Crippen LogP contribution in [0.4, 0.5) is 0 Å². The van der Waals surface area contributed by atoms with Gasteiger partial charge in [0, 0.05) is 6.92 Å². The van der Waals surface area contributed by atoms with Crippen LogP contribution in [0, 0.1) is 0 Å². The molecule has 19 heavy (non-hydrogen) atoms. The summed E-state index contributed by atoms with van der Waals surface area (Å²) in [6, 6.07) is 10.2. The summed E-state index contributed by atoms with van der Waals surface area (Å²) < 4.78 is 10.8. The topological polar surface area (TPSA) is 35.5 Å². The smallest absolute Gasteiger partial charge is 0.304 e. The zero-order chi connectivity index (χ0) is 14.1. The predicted octanol–water partition coefficient (Wildman–Crippen LogP) is 3.49. The van der Waals surface area contributed by atoms with Crippen LogP contribution < -0.4 is 0 Å². The van der Waals surface area contributed by atoms with Crippen LogP contribution in [0.5, 0.6) is 0 Å². The zero-order valence-corrected chi connectivity index (χ0v) is 11.8. The molecular weight excluding hydrogens is 240 g/mol. The summed E-state index contributed by atoms with van der Waals surface area (Å²) in [7, 11) is 0. The molecule has 1 aromatic rings. The summed E-state index contributed by atoms with van der Waals surface area (Å²) in [6.45, 7) is 5.11. The Kier molecular flexibility index (Phi) is 6.90. The Labute approximate surface area is 115 Å². The Bertz CT molecular complexity index is 398. The molecule has 0 spiro atoms. The second-order valence-electron chi connectivity index (χ2n) is 4.43. The van der Waals surface area contributed by atoms with E-state index in [1.807, 2.05) is 31.2 Å². The molecule has 2 unspecified atom stereocenters. The highest BCUT2D eigenvalue weighted by Crippen LogP contribution is 2.12. The highest BCUT2D eigenvalue weighted by molar-refractivity contribution is 5.65. The van der Waals surface area contributed by atoms with E-state index in [1.165, 1.54) is 12.5 Å². The van der Waals surface area contributed by atoms with Gasteiger partial charge in [-0.2, -0.15) is 0 Å². The predicted molar refractivity (Wildman–Crippen MR) is 75.7 cm³/mol. The molecule has 1 rings (SSSR count). The molecule has 0 radical (unpaired) electrons. The number of carbonyl (C=O) groups is 1. The van der Waals surface area contributed by atoms with Crippen molar-refractivity contribution in [3.05, 3.63) is 48.0 Å². The Morgan fingerprint density at radius 2 is 2.00 bits per heavy atom. The molecular formula is C16H22O3. The summed E-state index contributed by atoms with van der Waals surface area (Å²) >= 11 is 0. The second-order valence-corrected chi connectivity index (χ2v) is 4.43.